The maximum absolute atomic E-state index is 10.9. The van der Waals surface area contributed by atoms with Crippen LogP contribution in [0.2, 0.25) is 0 Å². The Morgan fingerprint density at radius 3 is 2.58 bits per heavy atom. The molecule has 2 aliphatic carbocycles. The summed E-state index contributed by atoms with van der Waals surface area (Å²) in [7, 11) is 0. The molecule has 0 bridgehead atoms. The molecular weight excluding hydrogens is 150 g/mol. The molecule has 0 aromatic rings. The van der Waals surface area contributed by atoms with Crippen LogP contribution in [0.5, 0.6) is 0 Å². The van der Waals surface area contributed by atoms with Crippen molar-refractivity contribution in [2.24, 2.45) is 11.1 Å². The molecule has 0 aromatic carbocycles. The molecule has 0 radical (unpaired) electrons. The second-order valence-corrected chi connectivity index (χ2v) is 4.18. The lowest BCUT2D eigenvalue weighted by Crippen LogP contribution is -2.17. The van der Waals surface area contributed by atoms with Gasteiger partial charge in [0, 0.05) is 5.57 Å². The fraction of sp³-hybridized carbons (Fsp3) is 0.700. The number of carbonyl (C=O) groups excluding carboxylic acids is 1. The quantitative estimate of drug-likeness (QED) is 0.632. The lowest BCUT2D eigenvalue weighted by Gasteiger charge is -2.21. The molecule has 1 amide bonds. The molecule has 1 saturated carbocycles. The minimum atomic E-state index is -0.209. The highest BCUT2D eigenvalue weighted by molar-refractivity contribution is 5.92. The standard InChI is InChI=1S/C10H15NO/c11-9(12)8-3-6-10(7-8)4-1-2-5-10/h3H,1-2,4-7H2,(H2,11,12). The van der Waals surface area contributed by atoms with Crippen LogP contribution in [0.25, 0.3) is 0 Å². The van der Waals surface area contributed by atoms with Gasteiger partial charge >= 0.3 is 0 Å². The normalized spacial score (nSPS) is 26.2. The highest BCUT2D eigenvalue weighted by Gasteiger charge is 2.38. The molecule has 0 heterocycles. The van der Waals surface area contributed by atoms with E-state index >= 15 is 0 Å². The number of hydrogen-bond donors (Lipinski definition) is 1. The SMILES string of the molecule is NC(=O)C1=CCC2(CCCC2)C1. The summed E-state index contributed by atoms with van der Waals surface area (Å²) in [5.41, 5.74) is 6.56. The van der Waals surface area contributed by atoms with E-state index in [9.17, 15) is 4.79 Å². The van der Waals surface area contributed by atoms with E-state index in [1.807, 2.05) is 6.08 Å². The molecular formula is C10H15NO. The average Bonchev–Trinajstić information content (AvgIpc) is 2.62. The van der Waals surface area contributed by atoms with Crippen LogP contribution in [-0.2, 0) is 4.79 Å². The Morgan fingerprint density at radius 2 is 2.08 bits per heavy atom. The smallest absolute Gasteiger partial charge is 0.244 e. The minimum absolute atomic E-state index is 0.209. The van der Waals surface area contributed by atoms with Gasteiger partial charge < -0.3 is 5.73 Å². The third-order valence-corrected chi connectivity index (χ3v) is 3.33. The van der Waals surface area contributed by atoms with E-state index in [-0.39, 0.29) is 5.91 Å². The van der Waals surface area contributed by atoms with Gasteiger partial charge in [-0.05, 0) is 31.1 Å². The third-order valence-electron chi connectivity index (χ3n) is 3.33. The Hall–Kier alpha value is -0.790. The van der Waals surface area contributed by atoms with Crippen LogP contribution in [0.15, 0.2) is 11.6 Å². The van der Waals surface area contributed by atoms with Crippen LogP contribution in [-0.4, -0.2) is 5.91 Å². The zero-order valence-corrected chi connectivity index (χ0v) is 7.31. The molecule has 2 N–H and O–H groups in total. The second-order valence-electron chi connectivity index (χ2n) is 4.18. The van der Waals surface area contributed by atoms with E-state index in [2.05, 4.69) is 0 Å². The first-order chi connectivity index (χ1) is 5.72. The average molecular weight is 165 g/mol. The molecule has 2 nitrogen and oxygen atoms in total. The van der Waals surface area contributed by atoms with E-state index in [0.29, 0.717) is 5.41 Å². The molecule has 0 aliphatic heterocycles. The molecule has 12 heavy (non-hydrogen) atoms. The fourth-order valence-corrected chi connectivity index (χ4v) is 2.58. The van der Waals surface area contributed by atoms with Gasteiger partial charge in [-0.2, -0.15) is 0 Å². The van der Waals surface area contributed by atoms with Gasteiger partial charge in [0.25, 0.3) is 0 Å². The molecule has 0 atom stereocenters. The monoisotopic (exact) mass is 165 g/mol. The predicted molar refractivity (Wildman–Crippen MR) is 47.4 cm³/mol. The van der Waals surface area contributed by atoms with Crippen LogP contribution in [0.4, 0.5) is 0 Å². The van der Waals surface area contributed by atoms with Gasteiger partial charge in [-0.15, -0.1) is 0 Å². The van der Waals surface area contributed by atoms with E-state index in [4.69, 9.17) is 5.73 Å². The number of primary amides is 1. The van der Waals surface area contributed by atoms with Crippen LogP contribution in [0, 0.1) is 5.41 Å². The third kappa shape index (κ3) is 1.15. The first-order valence-corrected chi connectivity index (χ1v) is 4.71. The fourth-order valence-electron chi connectivity index (χ4n) is 2.58. The predicted octanol–water partition coefficient (Wildman–Crippen LogP) is 1.75. The van der Waals surface area contributed by atoms with Gasteiger partial charge in [0.1, 0.15) is 0 Å². The van der Waals surface area contributed by atoms with Gasteiger partial charge in [-0.1, -0.05) is 18.9 Å². The zero-order chi connectivity index (χ0) is 8.60. The van der Waals surface area contributed by atoms with Gasteiger partial charge in [-0.3, -0.25) is 4.79 Å². The number of carbonyl (C=O) groups is 1. The Morgan fingerprint density at radius 1 is 1.42 bits per heavy atom. The molecule has 2 rings (SSSR count). The van der Waals surface area contributed by atoms with Crippen molar-refractivity contribution in [3.63, 3.8) is 0 Å². The van der Waals surface area contributed by atoms with Crippen molar-refractivity contribution in [2.75, 3.05) is 0 Å². The number of hydrogen-bond acceptors (Lipinski definition) is 1. The molecule has 1 fully saturated rings. The van der Waals surface area contributed by atoms with Gasteiger partial charge in [0.05, 0.1) is 0 Å². The van der Waals surface area contributed by atoms with Crippen LogP contribution in [0.3, 0.4) is 0 Å². The van der Waals surface area contributed by atoms with Gasteiger partial charge in [-0.25, -0.2) is 0 Å². The molecule has 2 aliphatic rings. The topological polar surface area (TPSA) is 43.1 Å². The summed E-state index contributed by atoms with van der Waals surface area (Å²) in [6, 6.07) is 0. The lowest BCUT2D eigenvalue weighted by atomic mass is 9.83. The Labute approximate surface area is 72.8 Å². The Kier molecular flexibility index (Phi) is 1.71. The number of allylic oxidation sites excluding steroid dienone is 1. The van der Waals surface area contributed by atoms with Crippen LogP contribution in [0.1, 0.15) is 38.5 Å². The summed E-state index contributed by atoms with van der Waals surface area (Å²) in [6.07, 6.45) is 9.33. The molecule has 1 spiro atoms. The largest absolute Gasteiger partial charge is 0.366 e. The summed E-state index contributed by atoms with van der Waals surface area (Å²) in [5, 5.41) is 0. The van der Waals surface area contributed by atoms with Crippen LogP contribution >= 0.6 is 0 Å². The van der Waals surface area contributed by atoms with E-state index in [1.165, 1.54) is 25.7 Å². The van der Waals surface area contributed by atoms with Crippen molar-refractivity contribution in [3.8, 4) is 0 Å². The Bertz CT molecular complexity index is 236. The maximum Gasteiger partial charge on any atom is 0.244 e. The molecule has 66 valence electrons. The highest BCUT2D eigenvalue weighted by atomic mass is 16.1. The highest BCUT2D eigenvalue weighted by Crippen LogP contribution is 2.49. The first-order valence-electron chi connectivity index (χ1n) is 4.71. The van der Waals surface area contributed by atoms with Crippen molar-refractivity contribution >= 4 is 5.91 Å². The maximum atomic E-state index is 10.9. The second kappa shape index (κ2) is 2.61. The first kappa shape index (κ1) is 7.84. The van der Waals surface area contributed by atoms with E-state index < -0.39 is 0 Å². The van der Waals surface area contributed by atoms with Crippen molar-refractivity contribution < 1.29 is 4.79 Å². The minimum Gasteiger partial charge on any atom is -0.366 e. The lowest BCUT2D eigenvalue weighted by molar-refractivity contribution is -0.114. The van der Waals surface area contributed by atoms with E-state index in [1.54, 1.807) is 0 Å². The molecule has 0 saturated heterocycles. The van der Waals surface area contributed by atoms with Crippen molar-refractivity contribution in [3.05, 3.63) is 11.6 Å². The number of rotatable bonds is 1. The van der Waals surface area contributed by atoms with Crippen molar-refractivity contribution in [2.45, 2.75) is 38.5 Å². The van der Waals surface area contributed by atoms with Gasteiger partial charge in [0.15, 0.2) is 0 Å². The summed E-state index contributed by atoms with van der Waals surface area (Å²) in [6.45, 7) is 0. The summed E-state index contributed by atoms with van der Waals surface area (Å²) in [5.74, 6) is -0.209. The zero-order valence-electron chi connectivity index (χ0n) is 7.31. The van der Waals surface area contributed by atoms with Gasteiger partial charge in [0.2, 0.25) is 5.91 Å². The summed E-state index contributed by atoms with van der Waals surface area (Å²) >= 11 is 0. The molecule has 2 heteroatoms. The van der Waals surface area contributed by atoms with Crippen LogP contribution < -0.4 is 5.73 Å². The molecule has 0 aromatic heterocycles. The number of nitrogens with two attached hydrogens (primary N) is 1. The summed E-state index contributed by atoms with van der Waals surface area (Å²) in [4.78, 5) is 10.9. The Balaban J connectivity index is 2.06. The molecule has 0 unspecified atom stereocenters. The van der Waals surface area contributed by atoms with E-state index in [0.717, 1.165) is 18.4 Å². The van der Waals surface area contributed by atoms with Crippen molar-refractivity contribution in [1.29, 1.82) is 0 Å². The summed E-state index contributed by atoms with van der Waals surface area (Å²) < 4.78 is 0. The number of amides is 1. The van der Waals surface area contributed by atoms with Crippen molar-refractivity contribution in [1.82, 2.24) is 0 Å².